The summed E-state index contributed by atoms with van der Waals surface area (Å²) >= 11 is 0. The predicted octanol–water partition coefficient (Wildman–Crippen LogP) is 3.71. The van der Waals surface area contributed by atoms with Crippen molar-refractivity contribution in [3.63, 3.8) is 0 Å². The lowest BCUT2D eigenvalue weighted by molar-refractivity contribution is -0.144. The minimum Gasteiger partial charge on any atom is -0.469 e. The molecule has 0 fully saturated rings. The first-order chi connectivity index (χ1) is 9.28. The first-order valence-corrected chi connectivity index (χ1v) is 6.53. The smallest absolute Gasteiger partial charge is 0.306 e. The van der Waals surface area contributed by atoms with Gasteiger partial charge in [0.05, 0.1) is 6.26 Å². The summed E-state index contributed by atoms with van der Waals surface area (Å²) in [6.07, 6.45) is 3.68. The number of hydrogen-bond donors (Lipinski definition) is 0. The topological polar surface area (TPSA) is 39.4 Å². The van der Waals surface area contributed by atoms with Gasteiger partial charge in [-0.1, -0.05) is 37.3 Å². The first-order valence-electron chi connectivity index (χ1n) is 6.53. The van der Waals surface area contributed by atoms with Gasteiger partial charge in [0, 0.05) is 18.4 Å². The second-order valence-corrected chi connectivity index (χ2v) is 4.49. The van der Waals surface area contributed by atoms with Crippen LogP contribution in [0.2, 0.25) is 0 Å². The zero-order chi connectivity index (χ0) is 13.5. The molecule has 1 heterocycles. The van der Waals surface area contributed by atoms with Gasteiger partial charge < -0.3 is 9.15 Å². The molecule has 0 unspecified atom stereocenters. The summed E-state index contributed by atoms with van der Waals surface area (Å²) in [6, 6.07) is 12.1. The highest BCUT2D eigenvalue weighted by molar-refractivity contribution is 5.69. The Kier molecular flexibility index (Phi) is 4.78. The van der Waals surface area contributed by atoms with Gasteiger partial charge in [-0.2, -0.15) is 0 Å². The fraction of sp³-hybridized carbons (Fsp3) is 0.312. The zero-order valence-electron chi connectivity index (χ0n) is 11.1. The van der Waals surface area contributed by atoms with Gasteiger partial charge in [-0.15, -0.1) is 0 Å². The highest BCUT2D eigenvalue weighted by Gasteiger charge is 2.06. The van der Waals surface area contributed by atoms with Gasteiger partial charge in [0.25, 0.3) is 0 Å². The summed E-state index contributed by atoms with van der Waals surface area (Å²) in [5.41, 5.74) is 2.10. The van der Waals surface area contributed by atoms with Gasteiger partial charge in [-0.25, -0.2) is 0 Å². The quantitative estimate of drug-likeness (QED) is 0.741. The Hall–Kier alpha value is -2.03. The van der Waals surface area contributed by atoms with Crippen LogP contribution in [0.4, 0.5) is 0 Å². The fourth-order valence-electron chi connectivity index (χ4n) is 1.83. The van der Waals surface area contributed by atoms with Crippen molar-refractivity contribution in [1.82, 2.24) is 0 Å². The molecule has 0 radical (unpaired) electrons. The van der Waals surface area contributed by atoms with E-state index in [1.165, 1.54) is 5.56 Å². The Labute approximate surface area is 113 Å². The molecule has 2 rings (SSSR count). The van der Waals surface area contributed by atoms with Crippen LogP contribution < -0.4 is 0 Å². The van der Waals surface area contributed by atoms with Crippen LogP contribution in [0.15, 0.2) is 47.1 Å². The summed E-state index contributed by atoms with van der Waals surface area (Å²) in [5, 5.41) is 0. The molecule has 0 saturated heterocycles. The van der Waals surface area contributed by atoms with Gasteiger partial charge in [-0.05, 0) is 18.1 Å². The molecule has 0 amide bonds. The molecule has 3 heteroatoms. The fourth-order valence-corrected chi connectivity index (χ4v) is 1.83. The molecule has 0 aliphatic carbocycles. The van der Waals surface area contributed by atoms with Crippen molar-refractivity contribution in [3.05, 3.63) is 59.5 Å². The van der Waals surface area contributed by atoms with E-state index in [0.29, 0.717) is 6.42 Å². The standard InChI is InChI=1S/C16H18O3/c1-2-6-16(17)19-12-14-10-15(18-11-14)9-13-7-4-3-5-8-13/h3-5,7-8,10-11H,2,6,9,12H2,1H3. The van der Waals surface area contributed by atoms with E-state index in [1.807, 2.05) is 31.2 Å². The zero-order valence-corrected chi connectivity index (χ0v) is 11.1. The SMILES string of the molecule is CCCC(=O)OCc1coc(Cc2ccccc2)c1. The summed E-state index contributed by atoms with van der Waals surface area (Å²) in [5.74, 6) is 0.723. The van der Waals surface area contributed by atoms with Crippen LogP contribution in [0.3, 0.4) is 0 Å². The molecule has 0 saturated carbocycles. The molecule has 0 N–H and O–H groups in total. The number of rotatable bonds is 6. The minimum absolute atomic E-state index is 0.159. The van der Waals surface area contributed by atoms with Crippen molar-refractivity contribution in [1.29, 1.82) is 0 Å². The van der Waals surface area contributed by atoms with Crippen LogP contribution in [0, 0.1) is 0 Å². The number of benzene rings is 1. The van der Waals surface area contributed by atoms with Gasteiger partial charge >= 0.3 is 5.97 Å². The highest BCUT2D eigenvalue weighted by Crippen LogP contribution is 2.14. The van der Waals surface area contributed by atoms with Gasteiger partial charge in [0.1, 0.15) is 12.4 Å². The Morgan fingerprint density at radius 3 is 2.74 bits per heavy atom. The summed E-state index contributed by atoms with van der Waals surface area (Å²) in [7, 11) is 0. The van der Waals surface area contributed by atoms with Crippen LogP contribution in [0.1, 0.15) is 36.7 Å². The molecule has 0 atom stereocenters. The minimum atomic E-state index is -0.159. The molecule has 2 aromatic rings. The normalized spacial score (nSPS) is 10.4. The third-order valence-electron chi connectivity index (χ3n) is 2.78. The lowest BCUT2D eigenvalue weighted by Gasteiger charge is -2.00. The Morgan fingerprint density at radius 1 is 1.21 bits per heavy atom. The number of hydrogen-bond acceptors (Lipinski definition) is 3. The highest BCUT2D eigenvalue weighted by atomic mass is 16.5. The van der Waals surface area contributed by atoms with Crippen LogP contribution in [-0.4, -0.2) is 5.97 Å². The number of esters is 1. The molecular weight excluding hydrogens is 240 g/mol. The third-order valence-corrected chi connectivity index (χ3v) is 2.78. The van der Waals surface area contributed by atoms with Crippen molar-refractivity contribution in [2.75, 3.05) is 0 Å². The maximum atomic E-state index is 11.3. The maximum absolute atomic E-state index is 11.3. The third kappa shape index (κ3) is 4.28. The van der Waals surface area contributed by atoms with Gasteiger partial charge in [0.15, 0.2) is 0 Å². The second-order valence-electron chi connectivity index (χ2n) is 4.49. The summed E-state index contributed by atoms with van der Waals surface area (Å²) in [6.45, 7) is 2.24. The maximum Gasteiger partial charge on any atom is 0.306 e. The Morgan fingerprint density at radius 2 is 2.00 bits per heavy atom. The van der Waals surface area contributed by atoms with Crippen molar-refractivity contribution in [2.24, 2.45) is 0 Å². The summed E-state index contributed by atoms with van der Waals surface area (Å²) in [4.78, 5) is 11.3. The molecule has 0 bridgehead atoms. The van der Waals surface area contributed by atoms with E-state index in [2.05, 4.69) is 12.1 Å². The molecular formula is C16H18O3. The van der Waals surface area contributed by atoms with E-state index < -0.39 is 0 Å². The Balaban J connectivity index is 1.87. The van der Waals surface area contributed by atoms with E-state index >= 15 is 0 Å². The van der Waals surface area contributed by atoms with Crippen LogP contribution >= 0.6 is 0 Å². The summed E-state index contributed by atoms with van der Waals surface area (Å²) < 4.78 is 10.6. The number of ether oxygens (including phenoxy) is 1. The number of furan rings is 1. The van der Waals surface area contributed by atoms with Crippen molar-refractivity contribution in [3.8, 4) is 0 Å². The first kappa shape index (κ1) is 13.4. The van der Waals surface area contributed by atoms with E-state index in [1.54, 1.807) is 6.26 Å². The van der Waals surface area contributed by atoms with Crippen molar-refractivity contribution >= 4 is 5.97 Å². The number of carbonyl (C=O) groups is 1. The van der Waals surface area contributed by atoms with Crippen molar-refractivity contribution < 1.29 is 13.9 Å². The predicted molar refractivity (Wildman–Crippen MR) is 72.7 cm³/mol. The lowest BCUT2D eigenvalue weighted by atomic mass is 10.1. The lowest BCUT2D eigenvalue weighted by Crippen LogP contribution is -2.02. The molecule has 0 aliphatic rings. The van der Waals surface area contributed by atoms with Gasteiger partial charge in [0.2, 0.25) is 0 Å². The molecule has 100 valence electrons. The molecule has 1 aromatic carbocycles. The van der Waals surface area contributed by atoms with E-state index in [4.69, 9.17) is 9.15 Å². The molecule has 19 heavy (non-hydrogen) atoms. The van der Waals surface area contributed by atoms with Crippen LogP contribution in [0.25, 0.3) is 0 Å². The molecule has 0 aliphatic heterocycles. The van der Waals surface area contributed by atoms with E-state index in [-0.39, 0.29) is 12.6 Å². The largest absolute Gasteiger partial charge is 0.469 e. The van der Waals surface area contributed by atoms with Gasteiger partial charge in [-0.3, -0.25) is 4.79 Å². The molecule has 0 spiro atoms. The van der Waals surface area contributed by atoms with Crippen LogP contribution in [-0.2, 0) is 22.6 Å². The monoisotopic (exact) mass is 258 g/mol. The average molecular weight is 258 g/mol. The Bertz CT molecular complexity index is 514. The molecule has 1 aromatic heterocycles. The van der Waals surface area contributed by atoms with Crippen molar-refractivity contribution in [2.45, 2.75) is 32.8 Å². The van der Waals surface area contributed by atoms with E-state index in [9.17, 15) is 4.79 Å². The average Bonchev–Trinajstić information content (AvgIpc) is 2.86. The van der Waals surface area contributed by atoms with Crippen LogP contribution in [0.5, 0.6) is 0 Å². The number of carbonyl (C=O) groups excluding carboxylic acids is 1. The second kappa shape index (κ2) is 6.78. The van der Waals surface area contributed by atoms with E-state index in [0.717, 1.165) is 24.2 Å². The molecule has 3 nitrogen and oxygen atoms in total.